The number of rotatable bonds is 7. The highest BCUT2D eigenvalue weighted by Crippen LogP contribution is 2.41. The standard InChI is InChI=1S/C18H14F7N/c19-1-9-10(2-20)13(5-23)18-15(7-25)16(8-26)11(3-21)14(6-24)17(18)12(9)4-22/h1-7H2. The second-order valence-corrected chi connectivity index (χ2v) is 5.52. The number of benzene rings is 2. The van der Waals surface area contributed by atoms with Gasteiger partial charge < -0.3 is 0 Å². The summed E-state index contributed by atoms with van der Waals surface area (Å²) in [6.45, 7) is -9.53. The molecule has 0 atom stereocenters. The van der Waals surface area contributed by atoms with E-state index in [1.165, 1.54) is 0 Å². The highest BCUT2D eigenvalue weighted by atomic mass is 19.1. The molecule has 2 aromatic carbocycles. The molecule has 2 aromatic rings. The molecule has 0 saturated carbocycles. The zero-order valence-electron chi connectivity index (χ0n) is 13.5. The highest BCUT2D eigenvalue weighted by molar-refractivity contribution is 5.98. The Morgan fingerprint density at radius 2 is 0.769 bits per heavy atom. The number of hydrogen-bond donors (Lipinski definition) is 0. The molecule has 0 aliphatic rings. The number of halogens is 7. The van der Waals surface area contributed by atoms with Crippen molar-refractivity contribution < 1.29 is 30.7 Å². The molecule has 0 saturated heterocycles. The first-order chi connectivity index (χ1) is 12.6. The van der Waals surface area contributed by atoms with Gasteiger partial charge in [-0.05, 0) is 38.6 Å². The number of nitriles is 1. The van der Waals surface area contributed by atoms with Crippen molar-refractivity contribution in [2.75, 3.05) is 0 Å². The van der Waals surface area contributed by atoms with Gasteiger partial charge in [0.1, 0.15) is 46.7 Å². The average molecular weight is 377 g/mol. The van der Waals surface area contributed by atoms with E-state index in [-0.39, 0.29) is 10.8 Å². The molecule has 0 aliphatic heterocycles. The molecular formula is C18H14F7N. The van der Waals surface area contributed by atoms with Crippen molar-refractivity contribution in [3.05, 3.63) is 44.5 Å². The SMILES string of the molecule is N#Cc1c(CF)c(CF)c2c(CF)c(CF)c(CF)c(CF)c2c1CF. The molecule has 0 amide bonds. The molecule has 140 valence electrons. The molecule has 26 heavy (non-hydrogen) atoms. The number of nitrogens with zero attached hydrogens (tertiary/aromatic N) is 1. The maximum atomic E-state index is 13.7. The Hall–Kier alpha value is -2.30. The van der Waals surface area contributed by atoms with E-state index in [9.17, 15) is 36.0 Å². The maximum Gasteiger partial charge on any atom is 0.116 e. The van der Waals surface area contributed by atoms with Gasteiger partial charge in [0.15, 0.2) is 0 Å². The lowest BCUT2D eigenvalue weighted by Gasteiger charge is -2.23. The number of hydrogen-bond acceptors (Lipinski definition) is 1. The van der Waals surface area contributed by atoms with Gasteiger partial charge in [0, 0.05) is 11.1 Å². The Kier molecular flexibility index (Phi) is 6.46. The van der Waals surface area contributed by atoms with E-state index >= 15 is 0 Å². The quantitative estimate of drug-likeness (QED) is 0.543. The van der Waals surface area contributed by atoms with Crippen molar-refractivity contribution in [2.45, 2.75) is 46.7 Å². The summed E-state index contributed by atoms with van der Waals surface area (Å²) in [5.41, 5.74) is -3.92. The minimum Gasteiger partial charge on any atom is -0.246 e. The van der Waals surface area contributed by atoms with Crippen molar-refractivity contribution in [2.24, 2.45) is 0 Å². The largest absolute Gasteiger partial charge is 0.246 e. The molecule has 0 bridgehead atoms. The van der Waals surface area contributed by atoms with Crippen LogP contribution < -0.4 is 0 Å². The minimum absolute atomic E-state index is 0.381. The van der Waals surface area contributed by atoms with Gasteiger partial charge >= 0.3 is 0 Å². The monoisotopic (exact) mass is 377 g/mol. The zero-order valence-corrected chi connectivity index (χ0v) is 13.5. The third-order valence-electron chi connectivity index (χ3n) is 4.56. The summed E-state index contributed by atoms with van der Waals surface area (Å²) in [7, 11) is 0. The van der Waals surface area contributed by atoms with Gasteiger partial charge in [-0.1, -0.05) is 0 Å². The van der Waals surface area contributed by atoms with E-state index in [4.69, 9.17) is 0 Å². The molecule has 0 aromatic heterocycles. The smallest absolute Gasteiger partial charge is 0.116 e. The van der Waals surface area contributed by atoms with Crippen LogP contribution >= 0.6 is 0 Å². The summed E-state index contributed by atoms with van der Waals surface area (Å²) in [5.74, 6) is 0. The molecule has 1 nitrogen and oxygen atoms in total. The van der Waals surface area contributed by atoms with Crippen molar-refractivity contribution in [3.63, 3.8) is 0 Å². The third-order valence-corrected chi connectivity index (χ3v) is 4.56. The lowest BCUT2D eigenvalue weighted by atomic mass is 9.82. The van der Waals surface area contributed by atoms with Crippen LogP contribution in [0.3, 0.4) is 0 Å². The summed E-state index contributed by atoms with van der Waals surface area (Å²) in [6, 6.07) is 1.56. The van der Waals surface area contributed by atoms with E-state index in [1.807, 2.05) is 0 Å². The van der Waals surface area contributed by atoms with Gasteiger partial charge in [0.2, 0.25) is 0 Å². The first-order valence-electron chi connectivity index (χ1n) is 7.57. The Labute approximate surface area is 145 Å². The van der Waals surface area contributed by atoms with Crippen molar-refractivity contribution in [3.8, 4) is 6.07 Å². The van der Waals surface area contributed by atoms with E-state index in [0.29, 0.717) is 0 Å². The van der Waals surface area contributed by atoms with Crippen LogP contribution in [-0.2, 0) is 46.7 Å². The molecule has 0 unspecified atom stereocenters. The van der Waals surface area contributed by atoms with Crippen LogP contribution in [0.15, 0.2) is 0 Å². The maximum absolute atomic E-state index is 13.7. The summed E-state index contributed by atoms with van der Waals surface area (Å²) in [6.07, 6.45) is 0. The summed E-state index contributed by atoms with van der Waals surface area (Å²) >= 11 is 0. The minimum atomic E-state index is -1.37. The Morgan fingerprint density at radius 1 is 0.462 bits per heavy atom. The topological polar surface area (TPSA) is 23.8 Å². The van der Waals surface area contributed by atoms with Crippen LogP contribution in [0.25, 0.3) is 10.8 Å². The van der Waals surface area contributed by atoms with Gasteiger partial charge in [-0.25, -0.2) is 30.7 Å². The number of alkyl halides is 7. The summed E-state index contributed by atoms with van der Waals surface area (Å²) in [4.78, 5) is 0. The van der Waals surface area contributed by atoms with Crippen molar-refractivity contribution >= 4 is 10.8 Å². The first-order valence-corrected chi connectivity index (χ1v) is 7.57. The lowest BCUT2D eigenvalue weighted by Crippen LogP contribution is -2.10. The van der Waals surface area contributed by atoms with E-state index in [0.717, 1.165) is 0 Å². The van der Waals surface area contributed by atoms with Gasteiger partial charge in [-0.3, -0.25) is 0 Å². The molecule has 0 fully saturated rings. The van der Waals surface area contributed by atoms with Crippen LogP contribution in [0.4, 0.5) is 30.7 Å². The van der Waals surface area contributed by atoms with Crippen molar-refractivity contribution in [1.82, 2.24) is 0 Å². The van der Waals surface area contributed by atoms with E-state index in [2.05, 4.69) is 0 Å². The normalized spacial score (nSPS) is 11.2. The van der Waals surface area contributed by atoms with E-state index < -0.39 is 91.2 Å². The second kappa shape index (κ2) is 8.39. The molecule has 2 rings (SSSR count). The fourth-order valence-electron chi connectivity index (χ4n) is 3.42. The van der Waals surface area contributed by atoms with Crippen LogP contribution in [0.2, 0.25) is 0 Å². The van der Waals surface area contributed by atoms with Crippen LogP contribution in [0, 0.1) is 11.3 Å². The molecule has 8 heteroatoms. The Morgan fingerprint density at radius 3 is 1.08 bits per heavy atom. The molecule has 0 heterocycles. The van der Waals surface area contributed by atoms with Crippen LogP contribution in [0.1, 0.15) is 44.5 Å². The van der Waals surface area contributed by atoms with Gasteiger partial charge in [-0.2, -0.15) is 5.26 Å². The molecule has 0 aliphatic carbocycles. The average Bonchev–Trinajstić information content (AvgIpc) is 2.69. The third kappa shape index (κ3) is 2.79. The number of fused-ring (bicyclic) bond motifs is 1. The highest BCUT2D eigenvalue weighted by Gasteiger charge is 2.28. The predicted octanol–water partition coefficient (Wildman–Crippen LogP) is 6.00. The molecule has 0 spiro atoms. The zero-order chi connectivity index (χ0) is 19.4. The van der Waals surface area contributed by atoms with Crippen LogP contribution in [0.5, 0.6) is 0 Å². The van der Waals surface area contributed by atoms with E-state index in [1.54, 1.807) is 6.07 Å². The van der Waals surface area contributed by atoms with Crippen LogP contribution in [-0.4, -0.2) is 0 Å². The predicted molar refractivity (Wildman–Crippen MR) is 82.3 cm³/mol. The Balaban J connectivity index is 3.33. The fraction of sp³-hybridized carbons (Fsp3) is 0.389. The lowest BCUT2D eigenvalue weighted by molar-refractivity contribution is 0.426. The van der Waals surface area contributed by atoms with Gasteiger partial charge in [0.05, 0.1) is 11.6 Å². The molecule has 0 radical (unpaired) electrons. The Bertz CT molecular complexity index is 871. The first kappa shape index (κ1) is 20.0. The van der Waals surface area contributed by atoms with Gasteiger partial charge in [0.25, 0.3) is 0 Å². The summed E-state index contributed by atoms with van der Waals surface area (Å²) < 4.78 is 95.1. The summed E-state index contributed by atoms with van der Waals surface area (Å²) in [5, 5.41) is 8.49. The fourth-order valence-corrected chi connectivity index (χ4v) is 3.42. The molecular weight excluding hydrogens is 363 g/mol. The second-order valence-electron chi connectivity index (χ2n) is 5.52. The van der Waals surface area contributed by atoms with Crippen molar-refractivity contribution in [1.29, 1.82) is 5.26 Å². The molecule has 0 N–H and O–H groups in total. The van der Waals surface area contributed by atoms with Gasteiger partial charge in [-0.15, -0.1) is 0 Å².